The number of likely N-dealkylation sites (tertiary alicyclic amines) is 1. The van der Waals surface area contributed by atoms with Gasteiger partial charge in [-0.1, -0.05) is 6.07 Å². The van der Waals surface area contributed by atoms with E-state index in [1.54, 1.807) is 6.07 Å². The minimum absolute atomic E-state index is 0.0430. The highest BCUT2D eigenvalue weighted by Gasteiger charge is 2.56. The molecule has 2 saturated carbocycles. The molecule has 2 aliphatic carbocycles. The number of hydrogen-bond acceptors (Lipinski definition) is 3. The van der Waals surface area contributed by atoms with E-state index in [0.717, 1.165) is 24.2 Å². The second-order valence-electron chi connectivity index (χ2n) is 8.36. The van der Waals surface area contributed by atoms with E-state index in [4.69, 9.17) is 5.73 Å². The Morgan fingerprint density at radius 1 is 1.27 bits per heavy atom. The third kappa shape index (κ3) is 3.34. The molecule has 4 rings (SSSR count). The van der Waals surface area contributed by atoms with Crippen LogP contribution in [0, 0.1) is 30.0 Å². The number of halogens is 1. The monoisotopic (exact) mass is 359 g/mol. The van der Waals surface area contributed by atoms with Crippen molar-refractivity contribution in [2.24, 2.45) is 23.0 Å². The maximum Gasteiger partial charge on any atom is 0.235 e. The predicted octanol–water partition coefficient (Wildman–Crippen LogP) is 1.73. The van der Waals surface area contributed by atoms with Crippen LogP contribution in [0.25, 0.3) is 0 Å². The highest BCUT2D eigenvalue weighted by Crippen LogP contribution is 2.47. The fourth-order valence-corrected chi connectivity index (χ4v) is 4.38. The van der Waals surface area contributed by atoms with Crippen molar-refractivity contribution in [1.29, 1.82) is 0 Å². The molecule has 3 fully saturated rings. The van der Waals surface area contributed by atoms with Crippen molar-refractivity contribution in [3.05, 3.63) is 35.1 Å². The molecule has 5 nitrogen and oxygen atoms in total. The van der Waals surface area contributed by atoms with Crippen LogP contribution in [0.3, 0.4) is 0 Å². The summed E-state index contributed by atoms with van der Waals surface area (Å²) < 4.78 is 13.7. The van der Waals surface area contributed by atoms with Crippen molar-refractivity contribution in [3.63, 3.8) is 0 Å². The van der Waals surface area contributed by atoms with Gasteiger partial charge in [-0.3, -0.25) is 14.5 Å². The van der Waals surface area contributed by atoms with Crippen LogP contribution < -0.4 is 11.1 Å². The average Bonchev–Trinajstić information content (AvgIpc) is 3.45. The lowest BCUT2D eigenvalue weighted by atomic mass is 9.96. The Morgan fingerprint density at radius 3 is 2.58 bits per heavy atom. The quantitative estimate of drug-likeness (QED) is 0.760. The number of nitrogens with two attached hydrogens (primary N) is 1. The molecule has 1 aromatic rings. The van der Waals surface area contributed by atoms with E-state index in [0.29, 0.717) is 31.2 Å². The third-order valence-electron chi connectivity index (χ3n) is 6.15. The lowest BCUT2D eigenvalue weighted by Crippen LogP contribution is -2.48. The molecule has 6 heteroatoms. The largest absolute Gasteiger partial charge is 0.369 e. The van der Waals surface area contributed by atoms with Gasteiger partial charge < -0.3 is 11.1 Å². The molecule has 3 N–H and O–H groups in total. The fourth-order valence-electron chi connectivity index (χ4n) is 4.38. The summed E-state index contributed by atoms with van der Waals surface area (Å²) in [6.07, 6.45) is 3.51. The van der Waals surface area contributed by atoms with Gasteiger partial charge in [0, 0.05) is 25.7 Å². The van der Waals surface area contributed by atoms with E-state index in [9.17, 15) is 14.0 Å². The van der Waals surface area contributed by atoms with Crippen LogP contribution in [0.1, 0.15) is 36.8 Å². The lowest BCUT2D eigenvalue weighted by Gasteiger charge is -2.22. The summed E-state index contributed by atoms with van der Waals surface area (Å²) in [4.78, 5) is 26.5. The van der Waals surface area contributed by atoms with Gasteiger partial charge in [-0.15, -0.1) is 0 Å². The van der Waals surface area contributed by atoms with Crippen molar-refractivity contribution in [1.82, 2.24) is 10.2 Å². The summed E-state index contributed by atoms with van der Waals surface area (Å²) in [5, 5.41) is 3.12. The van der Waals surface area contributed by atoms with Gasteiger partial charge in [0.2, 0.25) is 11.8 Å². The zero-order chi connectivity index (χ0) is 18.5. The van der Waals surface area contributed by atoms with E-state index < -0.39 is 11.3 Å². The number of primary amides is 1. The molecular weight excluding hydrogens is 333 g/mol. The molecular formula is C20H26FN3O2. The lowest BCUT2D eigenvalue weighted by molar-refractivity contribution is -0.136. The molecule has 0 radical (unpaired) electrons. The van der Waals surface area contributed by atoms with Gasteiger partial charge in [-0.05, 0) is 67.7 Å². The van der Waals surface area contributed by atoms with Gasteiger partial charge in [-0.2, -0.15) is 0 Å². The number of amides is 2. The molecule has 3 aliphatic rings. The highest BCUT2D eigenvalue weighted by molar-refractivity contribution is 6.07. The molecule has 1 heterocycles. The topological polar surface area (TPSA) is 75.4 Å². The van der Waals surface area contributed by atoms with Crippen molar-refractivity contribution in [3.8, 4) is 0 Å². The molecule has 1 saturated heterocycles. The number of hydrogen-bond donors (Lipinski definition) is 2. The van der Waals surface area contributed by atoms with Gasteiger partial charge in [0.15, 0.2) is 0 Å². The SMILES string of the molecule is Cc1cc(F)cc(CN2CC(NC(=O)C3(C(N)=O)CC3)C(C3CC3)C2)c1. The predicted molar refractivity (Wildman–Crippen MR) is 95.4 cm³/mol. The normalized spacial score (nSPS) is 27.3. The van der Waals surface area contributed by atoms with Crippen LogP contribution in [0.4, 0.5) is 4.39 Å². The van der Waals surface area contributed by atoms with Gasteiger partial charge in [0.25, 0.3) is 0 Å². The van der Waals surface area contributed by atoms with Crippen LogP contribution in [0.5, 0.6) is 0 Å². The van der Waals surface area contributed by atoms with Crippen molar-refractivity contribution in [2.75, 3.05) is 13.1 Å². The first-order valence-electron chi connectivity index (χ1n) is 9.47. The van der Waals surface area contributed by atoms with Crippen LogP contribution in [-0.2, 0) is 16.1 Å². The van der Waals surface area contributed by atoms with Gasteiger partial charge in [0.05, 0.1) is 0 Å². The molecule has 0 spiro atoms. The zero-order valence-electron chi connectivity index (χ0n) is 15.1. The standard InChI is InChI=1S/C20H26FN3O2/c1-12-6-13(8-15(21)7-12)9-24-10-16(14-2-3-14)17(11-24)23-19(26)20(4-5-20)18(22)25/h6-8,14,16-17H,2-5,9-11H2,1H3,(H2,22,25)(H,23,26). The second kappa shape index (κ2) is 6.34. The molecule has 140 valence electrons. The first kappa shape index (κ1) is 17.5. The summed E-state index contributed by atoms with van der Waals surface area (Å²) >= 11 is 0. The Hall–Kier alpha value is -1.95. The van der Waals surface area contributed by atoms with Crippen molar-refractivity contribution >= 4 is 11.8 Å². The van der Waals surface area contributed by atoms with E-state index >= 15 is 0 Å². The number of carbonyl (C=O) groups excluding carboxylic acids is 2. The maximum atomic E-state index is 13.7. The first-order valence-corrected chi connectivity index (χ1v) is 9.47. The number of carbonyl (C=O) groups is 2. The van der Waals surface area contributed by atoms with Crippen LogP contribution >= 0.6 is 0 Å². The summed E-state index contributed by atoms with van der Waals surface area (Å²) in [6, 6.07) is 5.16. The van der Waals surface area contributed by atoms with Crippen molar-refractivity contribution < 1.29 is 14.0 Å². The van der Waals surface area contributed by atoms with Crippen LogP contribution in [-0.4, -0.2) is 35.8 Å². The molecule has 2 unspecified atom stereocenters. The van der Waals surface area contributed by atoms with E-state index in [-0.39, 0.29) is 17.8 Å². The molecule has 1 aromatic carbocycles. The summed E-state index contributed by atoms with van der Waals surface area (Å²) in [7, 11) is 0. The smallest absolute Gasteiger partial charge is 0.235 e. The molecule has 2 amide bonds. The van der Waals surface area contributed by atoms with E-state index in [1.807, 2.05) is 13.0 Å². The minimum atomic E-state index is -0.971. The zero-order valence-corrected chi connectivity index (χ0v) is 15.1. The third-order valence-corrected chi connectivity index (χ3v) is 6.15. The van der Waals surface area contributed by atoms with Gasteiger partial charge in [0.1, 0.15) is 11.2 Å². The maximum absolute atomic E-state index is 13.7. The first-order chi connectivity index (χ1) is 12.4. The van der Waals surface area contributed by atoms with Crippen molar-refractivity contribution in [2.45, 2.75) is 45.2 Å². The Kier molecular flexibility index (Phi) is 4.26. The minimum Gasteiger partial charge on any atom is -0.369 e. The fraction of sp³-hybridized carbons (Fsp3) is 0.600. The summed E-state index contributed by atoms with van der Waals surface area (Å²) in [6.45, 7) is 4.20. The summed E-state index contributed by atoms with van der Waals surface area (Å²) in [5.74, 6) is 0.118. The van der Waals surface area contributed by atoms with E-state index in [2.05, 4.69) is 10.2 Å². The Labute approximate surface area is 153 Å². The molecule has 0 aromatic heterocycles. The molecule has 0 bridgehead atoms. The molecule has 2 atom stereocenters. The number of benzene rings is 1. The van der Waals surface area contributed by atoms with Gasteiger partial charge >= 0.3 is 0 Å². The number of aryl methyl sites for hydroxylation is 1. The number of rotatable bonds is 6. The highest BCUT2D eigenvalue weighted by atomic mass is 19.1. The number of nitrogens with one attached hydrogen (secondary N) is 1. The van der Waals surface area contributed by atoms with E-state index in [1.165, 1.54) is 18.9 Å². The molecule has 1 aliphatic heterocycles. The molecule has 26 heavy (non-hydrogen) atoms. The average molecular weight is 359 g/mol. The Balaban J connectivity index is 1.44. The second-order valence-corrected chi connectivity index (χ2v) is 8.36. The number of nitrogens with zero attached hydrogens (tertiary/aromatic N) is 1. The Morgan fingerprint density at radius 2 is 2.00 bits per heavy atom. The Bertz CT molecular complexity index is 722. The summed E-state index contributed by atoms with van der Waals surface area (Å²) in [5.41, 5.74) is 6.33. The van der Waals surface area contributed by atoms with Crippen LogP contribution in [0.2, 0.25) is 0 Å². The van der Waals surface area contributed by atoms with Crippen LogP contribution in [0.15, 0.2) is 18.2 Å². The van der Waals surface area contributed by atoms with Gasteiger partial charge in [-0.25, -0.2) is 4.39 Å².